The number of benzene rings is 1. The number of nitrogens with one attached hydrogen (secondary N) is 1. The number of hydrogen-bond acceptors (Lipinski definition) is 3. The first-order chi connectivity index (χ1) is 9.15. The second-order valence-electron chi connectivity index (χ2n) is 5.09. The van der Waals surface area contributed by atoms with E-state index < -0.39 is 0 Å². The number of amides is 2. The van der Waals surface area contributed by atoms with E-state index in [2.05, 4.69) is 5.32 Å². The molecule has 0 aliphatic carbocycles. The minimum atomic E-state index is -0.321. The topological polar surface area (TPSA) is 49.4 Å². The fourth-order valence-electron chi connectivity index (χ4n) is 2.74. The number of carbonyl (C=O) groups excluding carboxylic acids is 2. The largest absolute Gasteiger partial charge is 0.295 e. The van der Waals surface area contributed by atoms with Crippen molar-refractivity contribution in [1.82, 2.24) is 10.2 Å². The molecule has 2 amide bonds. The molecule has 3 rings (SSSR count). The molecule has 0 radical (unpaired) electrons. The van der Waals surface area contributed by atoms with Crippen molar-refractivity contribution in [3.05, 3.63) is 35.6 Å². The molecule has 2 heterocycles. The van der Waals surface area contributed by atoms with Gasteiger partial charge in [-0.15, -0.1) is 0 Å². The summed E-state index contributed by atoms with van der Waals surface area (Å²) in [6, 6.07) is 5.41. The van der Waals surface area contributed by atoms with Gasteiger partial charge in [0.2, 0.25) is 11.8 Å². The van der Waals surface area contributed by atoms with Crippen LogP contribution in [0.3, 0.4) is 0 Å². The molecule has 2 aliphatic heterocycles. The van der Waals surface area contributed by atoms with Crippen molar-refractivity contribution in [1.29, 1.82) is 0 Å². The Labute approximate surface area is 110 Å². The number of fused-ring (bicyclic) bond motifs is 2. The number of rotatable bonds is 2. The van der Waals surface area contributed by atoms with Crippen molar-refractivity contribution in [3.63, 3.8) is 0 Å². The lowest BCUT2D eigenvalue weighted by Gasteiger charge is -2.40. The van der Waals surface area contributed by atoms with E-state index in [1.165, 1.54) is 17.0 Å². The quantitative estimate of drug-likeness (QED) is 0.815. The van der Waals surface area contributed by atoms with E-state index in [-0.39, 0.29) is 36.3 Å². The lowest BCUT2D eigenvalue weighted by Crippen LogP contribution is -2.64. The molecule has 2 bridgehead atoms. The van der Waals surface area contributed by atoms with Gasteiger partial charge in [0.05, 0.1) is 18.6 Å². The number of piperazine rings is 1. The summed E-state index contributed by atoms with van der Waals surface area (Å²) < 4.78 is 12.8. The molecule has 2 saturated heterocycles. The van der Waals surface area contributed by atoms with Gasteiger partial charge in [-0.05, 0) is 37.0 Å². The molecule has 0 spiro atoms. The molecular weight excluding hydrogens is 247 g/mol. The molecule has 2 atom stereocenters. The van der Waals surface area contributed by atoms with E-state index >= 15 is 0 Å². The molecule has 1 aromatic rings. The second kappa shape index (κ2) is 4.74. The Morgan fingerprint density at radius 2 is 1.68 bits per heavy atom. The first-order valence-corrected chi connectivity index (χ1v) is 6.51. The van der Waals surface area contributed by atoms with E-state index in [9.17, 15) is 14.0 Å². The summed E-state index contributed by atoms with van der Waals surface area (Å²) in [7, 11) is 0. The molecule has 0 aromatic heterocycles. The number of likely N-dealkylation sites (tertiary alicyclic amines) is 1. The van der Waals surface area contributed by atoms with Crippen LogP contribution >= 0.6 is 0 Å². The van der Waals surface area contributed by atoms with Gasteiger partial charge in [-0.1, -0.05) is 12.1 Å². The van der Waals surface area contributed by atoms with Gasteiger partial charge >= 0.3 is 0 Å². The molecule has 2 fully saturated rings. The monoisotopic (exact) mass is 262 g/mol. The van der Waals surface area contributed by atoms with E-state index in [0.717, 1.165) is 24.8 Å². The predicted molar refractivity (Wildman–Crippen MR) is 66.5 cm³/mol. The summed E-state index contributed by atoms with van der Waals surface area (Å²) in [4.78, 5) is 25.7. The van der Waals surface area contributed by atoms with Crippen LogP contribution in [0.15, 0.2) is 24.3 Å². The Kier molecular flexibility index (Phi) is 3.06. The Balaban J connectivity index is 1.81. The molecule has 2 unspecified atom stereocenters. The third-order valence-corrected chi connectivity index (χ3v) is 3.77. The number of halogens is 1. The Bertz CT molecular complexity index is 493. The van der Waals surface area contributed by atoms with Crippen molar-refractivity contribution in [2.24, 2.45) is 0 Å². The first-order valence-electron chi connectivity index (χ1n) is 6.51. The summed E-state index contributed by atoms with van der Waals surface area (Å²) in [5.41, 5.74) is 0.767. The lowest BCUT2D eigenvalue weighted by molar-refractivity contribution is -0.154. The highest BCUT2D eigenvalue weighted by molar-refractivity contribution is 6.03. The maximum Gasteiger partial charge on any atom is 0.246 e. The van der Waals surface area contributed by atoms with E-state index in [4.69, 9.17) is 0 Å². The third kappa shape index (κ3) is 2.26. The normalized spacial score (nSPS) is 26.7. The smallest absolute Gasteiger partial charge is 0.246 e. The molecule has 0 saturated carbocycles. The van der Waals surface area contributed by atoms with Crippen molar-refractivity contribution in [2.75, 3.05) is 0 Å². The third-order valence-electron chi connectivity index (χ3n) is 3.77. The minimum Gasteiger partial charge on any atom is -0.295 e. The van der Waals surface area contributed by atoms with Crippen molar-refractivity contribution < 1.29 is 14.0 Å². The number of imide groups is 1. The van der Waals surface area contributed by atoms with Crippen LogP contribution in [-0.2, 0) is 16.1 Å². The Hall–Kier alpha value is -1.75. The number of nitrogens with zero attached hydrogens (tertiary/aromatic N) is 1. The molecular formula is C14H15FN2O2. The summed E-state index contributed by atoms with van der Waals surface area (Å²) in [5.74, 6) is -0.644. The van der Waals surface area contributed by atoms with Gasteiger partial charge in [-0.3, -0.25) is 19.8 Å². The zero-order chi connectivity index (χ0) is 13.4. The molecule has 100 valence electrons. The Morgan fingerprint density at radius 3 is 2.26 bits per heavy atom. The number of carbonyl (C=O) groups is 2. The maximum atomic E-state index is 12.8. The van der Waals surface area contributed by atoms with Crippen LogP contribution in [0.1, 0.15) is 24.8 Å². The SMILES string of the molecule is O=C1C2CCCC(N2)C(=O)N1Cc1ccc(F)cc1. The predicted octanol–water partition coefficient (Wildman–Crippen LogP) is 1.21. The van der Waals surface area contributed by atoms with Crippen LogP contribution in [0.25, 0.3) is 0 Å². The van der Waals surface area contributed by atoms with Crippen LogP contribution in [0.2, 0.25) is 0 Å². The zero-order valence-electron chi connectivity index (χ0n) is 10.4. The highest BCUT2D eigenvalue weighted by Crippen LogP contribution is 2.23. The molecule has 4 nitrogen and oxygen atoms in total. The summed E-state index contributed by atoms with van der Waals surface area (Å²) in [6.07, 6.45) is 2.47. The van der Waals surface area contributed by atoms with Crippen LogP contribution in [0.5, 0.6) is 0 Å². The molecule has 2 aliphatic rings. The van der Waals surface area contributed by atoms with E-state index in [1.54, 1.807) is 12.1 Å². The van der Waals surface area contributed by atoms with Gasteiger partial charge < -0.3 is 0 Å². The van der Waals surface area contributed by atoms with E-state index in [0.29, 0.717) is 0 Å². The summed E-state index contributed by atoms with van der Waals surface area (Å²) >= 11 is 0. The van der Waals surface area contributed by atoms with Gasteiger partial charge in [0.15, 0.2) is 0 Å². The number of piperidine rings is 1. The van der Waals surface area contributed by atoms with Crippen LogP contribution in [-0.4, -0.2) is 28.8 Å². The van der Waals surface area contributed by atoms with Gasteiger partial charge in [0.1, 0.15) is 5.82 Å². The first kappa shape index (κ1) is 12.3. The fourth-order valence-corrected chi connectivity index (χ4v) is 2.74. The van der Waals surface area contributed by atoms with Crippen LogP contribution in [0, 0.1) is 5.82 Å². The maximum absolute atomic E-state index is 12.8. The highest BCUT2D eigenvalue weighted by atomic mass is 19.1. The van der Waals surface area contributed by atoms with Crippen molar-refractivity contribution in [2.45, 2.75) is 37.9 Å². The second-order valence-corrected chi connectivity index (χ2v) is 5.09. The lowest BCUT2D eigenvalue weighted by atomic mass is 9.92. The van der Waals surface area contributed by atoms with Crippen LogP contribution in [0.4, 0.5) is 4.39 Å². The highest BCUT2D eigenvalue weighted by Gasteiger charge is 2.42. The standard InChI is InChI=1S/C14H15FN2O2/c15-10-6-4-9(5-7-10)8-17-13(18)11-2-1-3-12(16-11)14(17)19/h4-7,11-12,16H,1-3,8H2. The molecule has 19 heavy (non-hydrogen) atoms. The summed E-state index contributed by atoms with van der Waals surface area (Å²) in [5, 5.41) is 3.08. The summed E-state index contributed by atoms with van der Waals surface area (Å²) in [6.45, 7) is 0.229. The van der Waals surface area contributed by atoms with Crippen molar-refractivity contribution >= 4 is 11.8 Å². The molecule has 5 heteroatoms. The van der Waals surface area contributed by atoms with Crippen molar-refractivity contribution in [3.8, 4) is 0 Å². The zero-order valence-corrected chi connectivity index (χ0v) is 10.4. The average Bonchev–Trinajstić information content (AvgIpc) is 2.44. The average molecular weight is 262 g/mol. The fraction of sp³-hybridized carbons (Fsp3) is 0.429. The molecule has 1 aromatic carbocycles. The number of hydrogen-bond donors (Lipinski definition) is 1. The molecule has 1 N–H and O–H groups in total. The van der Waals surface area contributed by atoms with Gasteiger partial charge in [0, 0.05) is 0 Å². The Morgan fingerprint density at radius 1 is 1.11 bits per heavy atom. The van der Waals surface area contributed by atoms with E-state index in [1.807, 2.05) is 0 Å². The van der Waals surface area contributed by atoms with Gasteiger partial charge in [0.25, 0.3) is 0 Å². The minimum absolute atomic E-state index is 0.162. The van der Waals surface area contributed by atoms with Gasteiger partial charge in [-0.25, -0.2) is 4.39 Å². The van der Waals surface area contributed by atoms with Crippen LogP contribution < -0.4 is 5.32 Å². The van der Waals surface area contributed by atoms with Gasteiger partial charge in [-0.2, -0.15) is 0 Å².